The Kier molecular flexibility index (Phi) is 3.24. The van der Waals surface area contributed by atoms with E-state index < -0.39 is 0 Å². The molecule has 18 heavy (non-hydrogen) atoms. The van der Waals surface area contributed by atoms with Crippen LogP contribution in [0, 0.1) is 19.3 Å². The highest BCUT2D eigenvalue weighted by molar-refractivity contribution is 6.02. The highest BCUT2D eigenvalue weighted by Crippen LogP contribution is 2.27. The number of carbonyl (C=O) groups excluding carboxylic acids is 1. The van der Waals surface area contributed by atoms with Gasteiger partial charge in [0.05, 0.1) is 11.8 Å². The lowest BCUT2D eigenvalue weighted by Gasteiger charge is -1.99. The molecule has 2 rings (SSSR count). The van der Waals surface area contributed by atoms with Gasteiger partial charge in [0.1, 0.15) is 5.76 Å². The Morgan fingerprint density at radius 3 is 2.89 bits per heavy atom. The van der Waals surface area contributed by atoms with Crippen LogP contribution in [-0.4, -0.2) is 5.91 Å². The number of aryl methyl sites for hydroxylation is 1. The highest BCUT2D eigenvalue weighted by Gasteiger charge is 2.18. The Bertz CT molecular complexity index is 600. The highest BCUT2D eigenvalue weighted by atomic mass is 16.4. The Morgan fingerprint density at radius 1 is 1.56 bits per heavy atom. The Hall–Kier alpha value is -2.41. The van der Waals surface area contributed by atoms with Crippen LogP contribution in [0.2, 0.25) is 0 Å². The van der Waals surface area contributed by atoms with Crippen molar-refractivity contribution in [3.63, 3.8) is 0 Å². The van der Waals surface area contributed by atoms with Gasteiger partial charge in [0.15, 0.2) is 5.76 Å². The Labute approximate surface area is 105 Å². The minimum absolute atomic E-state index is 0.213. The van der Waals surface area contributed by atoms with E-state index in [-0.39, 0.29) is 11.7 Å². The van der Waals surface area contributed by atoms with E-state index in [0.717, 1.165) is 17.7 Å². The van der Waals surface area contributed by atoms with Crippen molar-refractivity contribution in [3.05, 3.63) is 41.0 Å². The van der Waals surface area contributed by atoms with E-state index in [1.807, 2.05) is 13.8 Å². The fourth-order valence-electron chi connectivity index (χ4n) is 1.82. The van der Waals surface area contributed by atoms with E-state index in [1.165, 1.54) is 6.26 Å². The zero-order valence-corrected chi connectivity index (χ0v) is 10.2. The van der Waals surface area contributed by atoms with Crippen molar-refractivity contribution in [2.24, 2.45) is 0 Å². The average Bonchev–Trinajstić information content (AvgIpc) is 2.96. The number of carbonyl (C=O) groups is 1. The van der Waals surface area contributed by atoms with Crippen molar-refractivity contribution in [1.29, 1.82) is 0 Å². The van der Waals surface area contributed by atoms with Crippen molar-refractivity contribution in [1.82, 2.24) is 0 Å². The van der Waals surface area contributed by atoms with Gasteiger partial charge in [-0.1, -0.05) is 12.8 Å². The van der Waals surface area contributed by atoms with Crippen LogP contribution in [0.5, 0.6) is 0 Å². The lowest BCUT2D eigenvalue weighted by atomic mass is 10.1. The summed E-state index contributed by atoms with van der Waals surface area (Å²) in [6.45, 7) is 3.80. The molecule has 0 saturated heterocycles. The fraction of sp³-hybridized carbons (Fsp3) is 0.214. The van der Waals surface area contributed by atoms with Gasteiger partial charge < -0.3 is 8.83 Å². The lowest BCUT2D eigenvalue weighted by Crippen LogP contribution is -2.11. The van der Waals surface area contributed by atoms with Crippen LogP contribution in [0.15, 0.2) is 27.2 Å². The molecule has 0 unspecified atom stereocenters. The van der Waals surface area contributed by atoms with E-state index in [4.69, 9.17) is 15.3 Å². The summed E-state index contributed by atoms with van der Waals surface area (Å²) in [5.74, 6) is 3.40. The molecule has 0 radical (unpaired) electrons. The number of amides is 1. The Morgan fingerprint density at radius 2 is 2.33 bits per heavy atom. The summed E-state index contributed by atoms with van der Waals surface area (Å²) in [6, 6.07) is 3.21. The van der Waals surface area contributed by atoms with Crippen LogP contribution >= 0.6 is 0 Å². The SMILES string of the molecule is C#Cc1c(NC(=O)c2ccco2)oc(C)c1CC. The first-order valence-corrected chi connectivity index (χ1v) is 5.61. The van der Waals surface area contributed by atoms with Gasteiger partial charge in [0.2, 0.25) is 5.88 Å². The first-order valence-electron chi connectivity index (χ1n) is 5.61. The topological polar surface area (TPSA) is 55.4 Å². The summed E-state index contributed by atoms with van der Waals surface area (Å²) in [4.78, 5) is 11.8. The van der Waals surface area contributed by atoms with Gasteiger partial charge in [-0.2, -0.15) is 0 Å². The monoisotopic (exact) mass is 243 g/mol. The standard InChI is InChI=1S/C14H13NO3/c1-4-10-9(3)18-14(11(10)5-2)15-13(16)12-7-6-8-17-12/h2,6-8H,4H2,1,3H3,(H,15,16). The third-order valence-corrected chi connectivity index (χ3v) is 2.68. The minimum Gasteiger partial charge on any atom is -0.459 e. The molecule has 1 N–H and O–H groups in total. The first kappa shape index (κ1) is 12.1. The molecule has 0 atom stereocenters. The molecular formula is C14H13NO3. The van der Waals surface area contributed by atoms with Crippen molar-refractivity contribution in [3.8, 4) is 12.3 Å². The molecule has 92 valence electrons. The van der Waals surface area contributed by atoms with Crippen molar-refractivity contribution in [2.45, 2.75) is 20.3 Å². The van der Waals surface area contributed by atoms with Gasteiger partial charge in [-0.15, -0.1) is 6.42 Å². The molecular weight excluding hydrogens is 230 g/mol. The van der Waals surface area contributed by atoms with Crippen molar-refractivity contribution < 1.29 is 13.6 Å². The van der Waals surface area contributed by atoms with E-state index >= 15 is 0 Å². The largest absolute Gasteiger partial charge is 0.459 e. The van der Waals surface area contributed by atoms with Crippen LogP contribution in [-0.2, 0) is 6.42 Å². The van der Waals surface area contributed by atoms with Crippen LogP contribution in [0.1, 0.15) is 34.4 Å². The van der Waals surface area contributed by atoms with Gasteiger partial charge >= 0.3 is 0 Å². The third kappa shape index (κ3) is 2.03. The van der Waals surface area contributed by atoms with Crippen LogP contribution in [0.3, 0.4) is 0 Å². The van der Waals surface area contributed by atoms with Gasteiger partial charge in [0, 0.05) is 5.56 Å². The average molecular weight is 243 g/mol. The zero-order valence-electron chi connectivity index (χ0n) is 10.2. The summed E-state index contributed by atoms with van der Waals surface area (Å²) in [6.07, 6.45) is 7.64. The van der Waals surface area contributed by atoms with E-state index in [1.54, 1.807) is 12.1 Å². The van der Waals surface area contributed by atoms with Gasteiger partial charge in [-0.3, -0.25) is 10.1 Å². The molecule has 1 amide bonds. The molecule has 0 fully saturated rings. The normalized spacial score (nSPS) is 10.1. The van der Waals surface area contributed by atoms with Crippen LogP contribution in [0.25, 0.3) is 0 Å². The van der Waals surface area contributed by atoms with Crippen LogP contribution < -0.4 is 5.32 Å². The second kappa shape index (κ2) is 4.84. The second-order valence-corrected chi connectivity index (χ2v) is 3.77. The number of hydrogen-bond acceptors (Lipinski definition) is 3. The van der Waals surface area contributed by atoms with E-state index in [2.05, 4.69) is 11.2 Å². The van der Waals surface area contributed by atoms with Crippen molar-refractivity contribution >= 4 is 11.8 Å². The van der Waals surface area contributed by atoms with Crippen LogP contribution in [0.4, 0.5) is 5.88 Å². The molecule has 4 nitrogen and oxygen atoms in total. The maximum Gasteiger partial charge on any atom is 0.293 e. The number of hydrogen-bond donors (Lipinski definition) is 1. The molecule has 0 aliphatic heterocycles. The maximum atomic E-state index is 11.8. The molecule has 0 bridgehead atoms. The summed E-state index contributed by atoms with van der Waals surface area (Å²) in [5, 5.41) is 2.62. The molecule has 0 aliphatic carbocycles. The number of rotatable bonds is 3. The minimum atomic E-state index is -0.382. The van der Waals surface area contributed by atoms with Gasteiger partial charge in [-0.25, -0.2) is 0 Å². The number of nitrogens with one attached hydrogen (secondary N) is 1. The smallest absolute Gasteiger partial charge is 0.293 e. The molecule has 0 aliphatic rings. The molecule has 0 saturated carbocycles. The predicted octanol–water partition coefficient (Wildman–Crippen LogP) is 2.98. The fourth-order valence-corrected chi connectivity index (χ4v) is 1.82. The first-order chi connectivity index (χ1) is 8.67. The number of furan rings is 2. The maximum absolute atomic E-state index is 11.8. The molecule has 2 aromatic heterocycles. The summed E-state index contributed by atoms with van der Waals surface area (Å²) < 4.78 is 10.5. The van der Waals surface area contributed by atoms with Gasteiger partial charge in [0.25, 0.3) is 5.91 Å². The van der Waals surface area contributed by atoms with E-state index in [0.29, 0.717) is 11.4 Å². The van der Waals surface area contributed by atoms with E-state index in [9.17, 15) is 4.79 Å². The molecule has 0 spiro atoms. The predicted molar refractivity (Wildman–Crippen MR) is 67.4 cm³/mol. The quantitative estimate of drug-likeness (QED) is 0.843. The number of anilines is 1. The summed E-state index contributed by atoms with van der Waals surface area (Å²) in [5.41, 5.74) is 1.53. The Balaban J connectivity index is 2.30. The lowest BCUT2D eigenvalue weighted by molar-refractivity contribution is 0.0994. The molecule has 2 aromatic rings. The van der Waals surface area contributed by atoms with Crippen molar-refractivity contribution in [2.75, 3.05) is 5.32 Å². The van der Waals surface area contributed by atoms with Gasteiger partial charge in [-0.05, 0) is 25.5 Å². The molecule has 0 aromatic carbocycles. The number of terminal acetylenes is 1. The third-order valence-electron chi connectivity index (χ3n) is 2.68. The zero-order chi connectivity index (χ0) is 13.1. The summed E-state index contributed by atoms with van der Waals surface area (Å²) >= 11 is 0. The molecule has 4 heteroatoms. The summed E-state index contributed by atoms with van der Waals surface area (Å²) in [7, 11) is 0. The molecule has 2 heterocycles. The second-order valence-electron chi connectivity index (χ2n) is 3.77.